The molecule has 0 radical (unpaired) electrons. The fourth-order valence-electron chi connectivity index (χ4n) is 2.31. The molecule has 1 atom stereocenters. The number of hydrogen-bond acceptors (Lipinski definition) is 2. The molecule has 2 fully saturated rings. The molecule has 2 heterocycles. The van der Waals surface area contributed by atoms with Crippen molar-refractivity contribution in [3.05, 3.63) is 0 Å². The minimum absolute atomic E-state index is 0.235. The van der Waals surface area contributed by atoms with Crippen LogP contribution in [-0.4, -0.2) is 48.6 Å². The maximum absolute atomic E-state index is 11.9. The van der Waals surface area contributed by atoms with Crippen molar-refractivity contribution in [2.75, 3.05) is 32.7 Å². The zero-order chi connectivity index (χ0) is 9.97. The zero-order valence-electron chi connectivity index (χ0n) is 8.61. The number of rotatable bonds is 1. The van der Waals surface area contributed by atoms with Gasteiger partial charge in [-0.3, -0.25) is 0 Å². The first-order valence-corrected chi connectivity index (χ1v) is 5.55. The molecule has 2 aliphatic heterocycles. The molecule has 2 aliphatic rings. The average Bonchev–Trinajstić information content (AvgIpc) is 2.88. The van der Waals surface area contributed by atoms with Gasteiger partial charge >= 0.3 is 6.03 Å². The van der Waals surface area contributed by atoms with E-state index < -0.39 is 0 Å². The summed E-state index contributed by atoms with van der Waals surface area (Å²) < 4.78 is 0. The van der Waals surface area contributed by atoms with Gasteiger partial charge < -0.3 is 15.5 Å². The SMILES string of the molecule is NCC1CCN(C(=O)N2CCCC2)C1. The quantitative estimate of drug-likeness (QED) is 0.665. The summed E-state index contributed by atoms with van der Waals surface area (Å²) in [6, 6.07) is 0.235. The van der Waals surface area contributed by atoms with Crippen molar-refractivity contribution in [1.29, 1.82) is 0 Å². The number of likely N-dealkylation sites (tertiary alicyclic amines) is 2. The number of hydrogen-bond donors (Lipinski definition) is 1. The van der Waals surface area contributed by atoms with Crippen molar-refractivity contribution in [3.8, 4) is 0 Å². The summed E-state index contributed by atoms with van der Waals surface area (Å²) in [7, 11) is 0. The second-order valence-corrected chi connectivity index (χ2v) is 4.31. The predicted octanol–water partition coefficient (Wildman–Crippen LogP) is 0.483. The molecule has 0 aliphatic carbocycles. The van der Waals surface area contributed by atoms with Gasteiger partial charge in [0.05, 0.1) is 0 Å². The number of urea groups is 1. The Morgan fingerprint density at radius 2 is 1.93 bits per heavy atom. The van der Waals surface area contributed by atoms with Crippen LogP contribution < -0.4 is 5.73 Å². The topological polar surface area (TPSA) is 49.6 Å². The van der Waals surface area contributed by atoms with Gasteiger partial charge in [0.2, 0.25) is 0 Å². The Hall–Kier alpha value is -0.770. The Labute approximate surface area is 85.0 Å². The van der Waals surface area contributed by atoms with Crippen molar-refractivity contribution in [2.24, 2.45) is 11.7 Å². The second-order valence-electron chi connectivity index (χ2n) is 4.31. The van der Waals surface area contributed by atoms with Crippen LogP contribution in [0.4, 0.5) is 4.79 Å². The molecule has 0 saturated carbocycles. The van der Waals surface area contributed by atoms with Crippen LogP contribution in [-0.2, 0) is 0 Å². The minimum Gasteiger partial charge on any atom is -0.330 e. The predicted molar refractivity (Wildman–Crippen MR) is 54.9 cm³/mol. The van der Waals surface area contributed by atoms with Gasteiger partial charge in [-0.1, -0.05) is 0 Å². The fourth-order valence-corrected chi connectivity index (χ4v) is 2.31. The first kappa shape index (κ1) is 9.77. The third-order valence-corrected chi connectivity index (χ3v) is 3.27. The van der Waals surface area contributed by atoms with E-state index in [1.807, 2.05) is 9.80 Å². The maximum Gasteiger partial charge on any atom is 0.320 e. The van der Waals surface area contributed by atoms with Crippen LogP contribution in [0.1, 0.15) is 19.3 Å². The van der Waals surface area contributed by atoms with Crippen molar-refractivity contribution in [1.82, 2.24) is 9.80 Å². The van der Waals surface area contributed by atoms with E-state index in [1.165, 1.54) is 12.8 Å². The van der Waals surface area contributed by atoms with Crippen molar-refractivity contribution in [2.45, 2.75) is 19.3 Å². The summed E-state index contributed by atoms with van der Waals surface area (Å²) in [4.78, 5) is 15.9. The maximum atomic E-state index is 11.9. The van der Waals surface area contributed by atoms with E-state index in [0.717, 1.165) is 32.6 Å². The standard InChI is InChI=1S/C10H19N3O/c11-7-9-3-6-13(8-9)10(14)12-4-1-2-5-12/h9H,1-8,11H2. The van der Waals surface area contributed by atoms with Crippen LogP contribution >= 0.6 is 0 Å². The Bertz CT molecular complexity index is 213. The van der Waals surface area contributed by atoms with Crippen LogP contribution in [0.3, 0.4) is 0 Å². The number of nitrogens with zero attached hydrogens (tertiary/aromatic N) is 2. The summed E-state index contributed by atoms with van der Waals surface area (Å²) in [5, 5.41) is 0. The number of nitrogens with two attached hydrogens (primary N) is 1. The largest absolute Gasteiger partial charge is 0.330 e. The van der Waals surface area contributed by atoms with Crippen LogP contribution in [0.2, 0.25) is 0 Å². The molecule has 2 saturated heterocycles. The highest BCUT2D eigenvalue weighted by Gasteiger charge is 2.29. The Balaban J connectivity index is 1.86. The molecule has 2 rings (SSSR count). The van der Waals surface area contributed by atoms with E-state index in [1.54, 1.807) is 0 Å². The lowest BCUT2D eigenvalue weighted by molar-refractivity contribution is 0.171. The number of carbonyl (C=O) groups is 1. The molecule has 14 heavy (non-hydrogen) atoms. The fraction of sp³-hybridized carbons (Fsp3) is 0.900. The van der Waals surface area contributed by atoms with E-state index >= 15 is 0 Å². The summed E-state index contributed by atoms with van der Waals surface area (Å²) >= 11 is 0. The summed E-state index contributed by atoms with van der Waals surface area (Å²) in [6.07, 6.45) is 3.41. The number of amides is 2. The van der Waals surface area contributed by atoms with E-state index in [-0.39, 0.29) is 6.03 Å². The smallest absolute Gasteiger partial charge is 0.320 e. The monoisotopic (exact) mass is 197 g/mol. The van der Waals surface area contributed by atoms with Crippen LogP contribution in [0.15, 0.2) is 0 Å². The average molecular weight is 197 g/mol. The van der Waals surface area contributed by atoms with E-state index in [0.29, 0.717) is 12.5 Å². The highest BCUT2D eigenvalue weighted by Crippen LogP contribution is 2.18. The molecule has 1 unspecified atom stereocenters. The molecule has 2 amide bonds. The van der Waals surface area contributed by atoms with Gasteiger partial charge in [0, 0.05) is 26.2 Å². The summed E-state index contributed by atoms with van der Waals surface area (Å²) in [6.45, 7) is 4.37. The van der Waals surface area contributed by atoms with Gasteiger partial charge in [0.25, 0.3) is 0 Å². The molecular formula is C10H19N3O. The number of carbonyl (C=O) groups excluding carboxylic acids is 1. The molecule has 4 heteroatoms. The van der Waals surface area contributed by atoms with Crippen LogP contribution in [0.25, 0.3) is 0 Å². The molecule has 2 N–H and O–H groups in total. The van der Waals surface area contributed by atoms with Gasteiger partial charge in [0.15, 0.2) is 0 Å². The Morgan fingerprint density at radius 3 is 2.50 bits per heavy atom. The van der Waals surface area contributed by atoms with Crippen LogP contribution in [0, 0.1) is 5.92 Å². The summed E-state index contributed by atoms with van der Waals surface area (Å²) in [5.41, 5.74) is 5.60. The molecular weight excluding hydrogens is 178 g/mol. The van der Waals surface area contributed by atoms with E-state index in [2.05, 4.69) is 0 Å². The Kier molecular flexibility index (Phi) is 2.91. The molecule has 80 valence electrons. The van der Waals surface area contributed by atoms with Crippen LogP contribution in [0.5, 0.6) is 0 Å². The van der Waals surface area contributed by atoms with Crippen molar-refractivity contribution < 1.29 is 4.79 Å². The molecule has 0 spiro atoms. The van der Waals surface area contributed by atoms with E-state index in [4.69, 9.17) is 5.73 Å². The lowest BCUT2D eigenvalue weighted by Gasteiger charge is -2.23. The van der Waals surface area contributed by atoms with Crippen molar-refractivity contribution >= 4 is 6.03 Å². The van der Waals surface area contributed by atoms with Gasteiger partial charge in [-0.15, -0.1) is 0 Å². The normalized spacial score (nSPS) is 27.4. The first-order chi connectivity index (χ1) is 6.81. The highest BCUT2D eigenvalue weighted by molar-refractivity contribution is 5.75. The second kappa shape index (κ2) is 4.17. The minimum atomic E-state index is 0.235. The molecule has 0 aromatic carbocycles. The molecule has 4 nitrogen and oxygen atoms in total. The molecule has 0 aromatic heterocycles. The van der Waals surface area contributed by atoms with Gasteiger partial charge in [-0.2, -0.15) is 0 Å². The first-order valence-electron chi connectivity index (χ1n) is 5.55. The van der Waals surface area contributed by atoms with Gasteiger partial charge in [-0.25, -0.2) is 4.79 Å². The van der Waals surface area contributed by atoms with Crippen molar-refractivity contribution in [3.63, 3.8) is 0 Å². The summed E-state index contributed by atoms with van der Waals surface area (Å²) in [5.74, 6) is 0.529. The molecule has 0 aromatic rings. The Morgan fingerprint density at radius 1 is 1.21 bits per heavy atom. The van der Waals surface area contributed by atoms with E-state index in [9.17, 15) is 4.79 Å². The third-order valence-electron chi connectivity index (χ3n) is 3.27. The lowest BCUT2D eigenvalue weighted by atomic mass is 10.1. The van der Waals surface area contributed by atoms with Gasteiger partial charge in [-0.05, 0) is 31.7 Å². The third kappa shape index (κ3) is 1.85. The lowest BCUT2D eigenvalue weighted by Crippen LogP contribution is -2.40. The molecule has 0 bridgehead atoms. The zero-order valence-corrected chi connectivity index (χ0v) is 8.61. The van der Waals surface area contributed by atoms with Gasteiger partial charge in [0.1, 0.15) is 0 Å². The highest BCUT2D eigenvalue weighted by atomic mass is 16.2.